The van der Waals surface area contributed by atoms with Gasteiger partial charge in [-0.15, -0.1) is 0 Å². The predicted molar refractivity (Wildman–Crippen MR) is 102 cm³/mol. The maximum absolute atomic E-state index is 12.4. The molecule has 0 atom stereocenters. The molecular formula is C19H21N3O4S. The van der Waals surface area contributed by atoms with Gasteiger partial charge in [-0.3, -0.25) is 9.59 Å². The van der Waals surface area contributed by atoms with E-state index >= 15 is 0 Å². The summed E-state index contributed by atoms with van der Waals surface area (Å²) in [6, 6.07) is 12.7. The van der Waals surface area contributed by atoms with Gasteiger partial charge in [-0.1, -0.05) is 6.07 Å². The Morgan fingerprint density at radius 2 is 1.63 bits per heavy atom. The van der Waals surface area contributed by atoms with Gasteiger partial charge in [0.05, 0.1) is 4.90 Å². The Labute approximate surface area is 158 Å². The van der Waals surface area contributed by atoms with Gasteiger partial charge in [0.15, 0.2) is 0 Å². The van der Waals surface area contributed by atoms with Crippen LogP contribution in [0.4, 0.5) is 5.69 Å². The summed E-state index contributed by atoms with van der Waals surface area (Å²) < 4.78 is 25.5. The third kappa shape index (κ3) is 4.53. The fourth-order valence-electron chi connectivity index (χ4n) is 2.41. The van der Waals surface area contributed by atoms with E-state index in [1.807, 2.05) is 0 Å². The highest BCUT2D eigenvalue weighted by Gasteiger charge is 2.23. The number of rotatable bonds is 6. The number of nitrogens with one attached hydrogen (secondary N) is 2. The lowest BCUT2D eigenvalue weighted by Crippen LogP contribution is -2.25. The second-order valence-electron chi connectivity index (χ2n) is 6.59. The number of nitrogens with zero attached hydrogens (tertiary/aromatic N) is 1. The molecule has 0 aliphatic heterocycles. The first-order chi connectivity index (χ1) is 12.8. The van der Waals surface area contributed by atoms with E-state index < -0.39 is 15.9 Å². The molecule has 0 heterocycles. The average Bonchev–Trinajstić information content (AvgIpc) is 3.46. The lowest BCUT2D eigenvalue weighted by molar-refractivity contribution is 0.0950. The Hall–Kier alpha value is -2.71. The molecule has 27 heavy (non-hydrogen) atoms. The Kier molecular flexibility index (Phi) is 5.29. The van der Waals surface area contributed by atoms with Gasteiger partial charge in [0.1, 0.15) is 0 Å². The van der Waals surface area contributed by atoms with Gasteiger partial charge in [0.2, 0.25) is 10.0 Å². The molecule has 1 aliphatic carbocycles. The first-order valence-corrected chi connectivity index (χ1v) is 9.96. The highest BCUT2D eigenvalue weighted by atomic mass is 32.2. The molecule has 1 saturated carbocycles. The maximum atomic E-state index is 12.4. The number of anilines is 1. The summed E-state index contributed by atoms with van der Waals surface area (Å²) in [6.07, 6.45) is 2.03. The molecule has 1 aliphatic rings. The smallest absolute Gasteiger partial charge is 0.255 e. The van der Waals surface area contributed by atoms with E-state index in [0.717, 1.165) is 17.1 Å². The Morgan fingerprint density at radius 3 is 2.22 bits per heavy atom. The summed E-state index contributed by atoms with van der Waals surface area (Å²) in [6.45, 7) is 0. The standard InChI is InChI=1S/C19H21N3O4S/c1-22(2)27(25,26)17-5-3-4-14(12-17)19(24)21-15-8-6-13(7-9-15)18(23)20-16-10-11-16/h3-9,12,16H,10-11H2,1-2H3,(H,20,23)(H,21,24). The first kappa shape index (κ1) is 19.1. The van der Waals surface area contributed by atoms with Crippen molar-refractivity contribution in [3.63, 3.8) is 0 Å². The van der Waals surface area contributed by atoms with Crippen molar-refractivity contribution in [2.75, 3.05) is 19.4 Å². The molecule has 0 bridgehead atoms. The molecule has 1 fully saturated rings. The second kappa shape index (κ2) is 7.50. The highest BCUT2D eigenvalue weighted by Crippen LogP contribution is 2.20. The number of amides is 2. The molecular weight excluding hydrogens is 366 g/mol. The zero-order chi connectivity index (χ0) is 19.6. The minimum atomic E-state index is -3.62. The maximum Gasteiger partial charge on any atom is 0.255 e. The summed E-state index contributed by atoms with van der Waals surface area (Å²) in [5.41, 5.74) is 1.27. The van der Waals surface area contributed by atoms with Gasteiger partial charge in [0, 0.05) is 37.0 Å². The van der Waals surface area contributed by atoms with Crippen molar-refractivity contribution >= 4 is 27.5 Å². The molecule has 0 unspecified atom stereocenters. The summed E-state index contributed by atoms with van der Waals surface area (Å²) in [5, 5.41) is 5.60. The molecule has 2 aromatic rings. The van der Waals surface area contributed by atoms with Crippen molar-refractivity contribution in [3.05, 3.63) is 59.7 Å². The van der Waals surface area contributed by atoms with Crippen LogP contribution in [-0.4, -0.2) is 44.7 Å². The van der Waals surface area contributed by atoms with Gasteiger partial charge in [-0.2, -0.15) is 0 Å². The molecule has 0 spiro atoms. The van der Waals surface area contributed by atoms with Crippen LogP contribution in [-0.2, 0) is 10.0 Å². The van der Waals surface area contributed by atoms with Crippen molar-refractivity contribution in [3.8, 4) is 0 Å². The van der Waals surface area contributed by atoms with Crippen LogP contribution in [0.15, 0.2) is 53.4 Å². The van der Waals surface area contributed by atoms with E-state index in [4.69, 9.17) is 0 Å². The number of hydrogen-bond donors (Lipinski definition) is 2. The van der Waals surface area contributed by atoms with Crippen molar-refractivity contribution < 1.29 is 18.0 Å². The van der Waals surface area contributed by atoms with E-state index in [-0.39, 0.29) is 22.4 Å². The third-order valence-corrected chi connectivity index (χ3v) is 6.00. The van der Waals surface area contributed by atoms with Gasteiger partial charge < -0.3 is 10.6 Å². The minimum Gasteiger partial charge on any atom is -0.349 e. The van der Waals surface area contributed by atoms with Crippen molar-refractivity contribution in [1.82, 2.24) is 9.62 Å². The van der Waals surface area contributed by atoms with Crippen LogP contribution in [0.1, 0.15) is 33.6 Å². The van der Waals surface area contributed by atoms with Crippen LogP contribution in [0.25, 0.3) is 0 Å². The van der Waals surface area contributed by atoms with E-state index in [1.54, 1.807) is 30.3 Å². The largest absolute Gasteiger partial charge is 0.349 e. The van der Waals surface area contributed by atoms with Gasteiger partial charge in [-0.05, 0) is 55.3 Å². The highest BCUT2D eigenvalue weighted by molar-refractivity contribution is 7.89. The van der Waals surface area contributed by atoms with E-state index in [2.05, 4.69) is 10.6 Å². The zero-order valence-corrected chi connectivity index (χ0v) is 15.9. The molecule has 2 amide bonds. The zero-order valence-electron chi connectivity index (χ0n) is 15.1. The number of sulfonamides is 1. The lowest BCUT2D eigenvalue weighted by atomic mass is 10.1. The summed E-state index contributed by atoms with van der Waals surface area (Å²) in [4.78, 5) is 24.5. The SMILES string of the molecule is CN(C)S(=O)(=O)c1cccc(C(=O)Nc2ccc(C(=O)NC3CC3)cc2)c1. The van der Waals surface area contributed by atoms with Crippen LogP contribution >= 0.6 is 0 Å². The van der Waals surface area contributed by atoms with Crippen LogP contribution in [0, 0.1) is 0 Å². The van der Waals surface area contributed by atoms with Gasteiger partial charge in [-0.25, -0.2) is 12.7 Å². The fourth-order valence-corrected chi connectivity index (χ4v) is 3.36. The minimum absolute atomic E-state index is 0.0484. The topological polar surface area (TPSA) is 95.6 Å². The molecule has 0 radical (unpaired) electrons. The van der Waals surface area contributed by atoms with Crippen molar-refractivity contribution in [2.45, 2.75) is 23.8 Å². The number of carbonyl (C=O) groups excluding carboxylic acids is 2. The number of hydrogen-bond acceptors (Lipinski definition) is 4. The summed E-state index contributed by atoms with van der Waals surface area (Å²) in [5.74, 6) is -0.557. The molecule has 2 N–H and O–H groups in total. The number of benzene rings is 2. The van der Waals surface area contributed by atoms with E-state index in [9.17, 15) is 18.0 Å². The predicted octanol–water partition coefficient (Wildman–Crippen LogP) is 2.08. The summed E-state index contributed by atoms with van der Waals surface area (Å²) in [7, 11) is -0.750. The van der Waals surface area contributed by atoms with Crippen LogP contribution < -0.4 is 10.6 Å². The molecule has 0 aromatic heterocycles. The first-order valence-electron chi connectivity index (χ1n) is 8.52. The van der Waals surface area contributed by atoms with E-state index in [0.29, 0.717) is 11.3 Å². The normalized spacial score (nSPS) is 14.0. The third-order valence-electron chi connectivity index (χ3n) is 4.19. The van der Waals surface area contributed by atoms with Gasteiger partial charge >= 0.3 is 0 Å². The molecule has 8 heteroatoms. The molecule has 7 nitrogen and oxygen atoms in total. The van der Waals surface area contributed by atoms with Gasteiger partial charge in [0.25, 0.3) is 11.8 Å². The number of carbonyl (C=O) groups is 2. The molecule has 0 saturated heterocycles. The lowest BCUT2D eigenvalue weighted by Gasteiger charge is -2.12. The molecule has 142 valence electrons. The Bertz CT molecular complexity index is 965. The average molecular weight is 387 g/mol. The fraction of sp³-hybridized carbons (Fsp3) is 0.263. The van der Waals surface area contributed by atoms with Crippen LogP contribution in [0.3, 0.4) is 0 Å². The second-order valence-corrected chi connectivity index (χ2v) is 8.75. The van der Waals surface area contributed by atoms with Crippen LogP contribution in [0.5, 0.6) is 0 Å². The Balaban J connectivity index is 1.71. The Morgan fingerprint density at radius 1 is 0.963 bits per heavy atom. The van der Waals surface area contributed by atoms with Crippen molar-refractivity contribution in [1.29, 1.82) is 0 Å². The quantitative estimate of drug-likeness (QED) is 0.793. The van der Waals surface area contributed by atoms with Crippen LogP contribution in [0.2, 0.25) is 0 Å². The molecule has 3 rings (SSSR count). The summed E-state index contributed by atoms with van der Waals surface area (Å²) >= 11 is 0. The van der Waals surface area contributed by atoms with Crippen molar-refractivity contribution in [2.24, 2.45) is 0 Å². The van der Waals surface area contributed by atoms with E-state index in [1.165, 1.54) is 32.3 Å². The monoisotopic (exact) mass is 387 g/mol. The molecule has 2 aromatic carbocycles.